The van der Waals surface area contributed by atoms with Crippen molar-refractivity contribution in [3.63, 3.8) is 0 Å². The molecule has 2 aromatic carbocycles. The average molecular weight is 516 g/mol. The number of carbonyl (C=O) groups is 2. The number of esters is 1. The monoisotopic (exact) mass is 516 g/mol. The predicted molar refractivity (Wildman–Crippen MR) is 126 cm³/mol. The van der Waals surface area contributed by atoms with Crippen LogP contribution in [0.5, 0.6) is 5.75 Å². The topological polar surface area (TPSA) is 102 Å². The molecule has 0 aliphatic carbocycles. The van der Waals surface area contributed by atoms with Crippen molar-refractivity contribution in [3.05, 3.63) is 42.0 Å². The Labute approximate surface area is 207 Å². The molecule has 1 aliphatic heterocycles. The van der Waals surface area contributed by atoms with Crippen molar-refractivity contribution >= 4 is 39.2 Å². The van der Waals surface area contributed by atoms with Gasteiger partial charge < -0.3 is 15.0 Å². The zero-order valence-electron chi connectivity index (χ0n) is 19.7. The van der Waals surface area contributed by atoms with Gasteiger partial charge in [-0.15, -0.1) is 0 Å². The molecule has 1 N–H and O–H groups in total. The van der Waals surface area contributed by atoms with Gasteiger partial charge in [0.1, 0.15) is 11.2 Å². The molecule has 9 nitrogen and oxygen atoms in total. The minimum atomic E-state index is -5.38. The number of benzene rings is 2. The molecular formula is C24H20F4N6O3. The van der Waals surface area contributed by atoms with Gasteiger partial charge in [0.05, 0.1) is 11.1 Å². The number of nitrogens with zero attached hydrogens (tertiary/aromatic N) is 5. The summed E-state index contributed by atoms with van der Waals surface area (Å²) in [5, 5.41) is 7.80. The maximum absolute atomic E-state index is 15.4. The summed E-state index contributed by atoms with van der Waals surface area (Å²) in [7, 11) is 1.50. The third-order valence-electron chi connectivity index (χ3n) is 5.97. The zero-order chi connectivity index (χ0) is 26.5. The Morgan fingerprint density at radius 1 is 1.11 bits per heavy atom. The summed E-state index contributed by atoms with van der Waals surface area (Å²) in [5.74, 6) is -5.63. The van der Waals surface area contributed by atoms with Crippen LogP contribution >= 0.6 is 0 Å². The summed E-state index contributed by atoms with van der Waals surface area (Å²) in [5.41, 5.74) is 0.539. The van der Waals surface area contributed by atoms with Crippen LogP contribution in [0.3, 0.4) is 0 Å². The summed E-state index contributed by atoms with van der Waals surface area (Å²) in [6, 6.07) is 6.51. The first-order chi connectivity index (χ1) is 17.5. The van der Waals surface area contributed by atoms with Gasteiger partial charge in [-0.05, 0) is 24.3 Å². The predicted octanol–water partition coefficient (Wildman–Crippen LogP) is 3.40. The lowest BCUT2D eigenvalue weighted by Crippen LogP contribution is -2.43. The van der Waals surface area contributed by atoms with Crippen molar-refractivity contribution in [2.45, 2.75) is 13.1 Å². The lowest BCUT2D eigenvalue weighted by molar-refractivity contribution is -0.189. The van der Waals surface area contributed by atoms with Crippen molar-refractivity contribution < 1.29 is 31.9 Å². The van der Waals surface area contributed by atoms with Crippen LogP contribution in [-0.2, 0) is 11.8 Å². The van der Waals surface area contributed by atoms with Gasteiger partial charge in [-0.25, -0.2) is 19.2 Å². The Balaban J connectivity index is 1.71. The number of ketones is 1. The van der Waals surface area contributed by atoms with E-state index in [1.165, 1.54) is 30.9 Å². The first kappa shape index (κ1) is 24.6. The van der Waals surface area contributed by atoms with E-state index in [0.29, 0.717) is 10.9 Å². The van der Waals surface area contributed by atoms with Crippen molar-refractivity contribution in [1.82, 2.24) is 25.1 Å². The normalized spacial score (nSPS) is 14.4. The SMILES string of the molecule is CC(=O)c1nc(-c2cc3cn(C)nc3c(F)c2OC(=O)C(F)(F)F)nc2ccc(N3CCNCC3)cc12. The molecule has 0 radical (unpaired) electrons. The minimum Gasteiger partial charge on any atom is -0.416 e. The van der Waals surface area contributed by atoms with Gasteiger partial charge in [-0.1, -0.05) is 0 Å². The molecule has 0 atom stereocenters. The molecule has 0 saturated carbocycles. The Morgan fingerprint density at radius 2 is 1.84 bits per heavy atom. The van der Waals surface area contributed by atoms with Gasteiger partial charge in [0.2, 0.25) is 0 Å². The summed E-state index contributed by atoms with van der Waals surface area (Å²) in [6.07, 6.45) is -3.94. The number of rotatable bonds is 4. The quantitative estimate of drug-likeness (QED) is 0.191. The lowest BCUT2D eigenvalue weighted by Gasteiger charge is -2.29. The molecule has 1 fully saturated rings. The zero-order valence-corrected chi connectivity index (χ0v) is 19.7. The third kappa shape index (κ3) is 4.57. The fraction of sp³-hybridized carbons (Fsp3) is 0.292. The van der Waals surface area contributed by atoms with E-state index in [4.69, 9.17) is 0 Å². The molecule has 1 aliphatic rings. The Morgan fingerprint density at radius 3 is 2.51 bits per heavy atom. The number of anilines is 1. The molecule has 3 heterocycles. The first-order valence-corrected chi connectivity index (χ1v) is 11.3. The number of Topliss-reactive ketones (excluding diaryl/α,β-unsaturated/α-hetero) is 1. The van der Waals surface area contributed by atoms with Gasteiger partial charge >= 0.3 is 12.1 Å². The number of fused-ring (bicyclic) bond motifs is 2. The molecule has 4 aromatic rings. The van der Waals surface area contributed by atoms with Crippen LogP contribution in [0.4, 0.5) is 23.2 Å². The molecule has 1 saturated heterocycles. The largest absolute Gasteiger partial charge is 0.491 e. The van der Waals surface area contributed by atoms with Crippen LogP contribution in [0.25, 0.3) is 33.2 Å². The Hall–Kier alpha value is -4.13. The second-order valence-corrected chi connectivity index (χ2v) is 8.59. The van der Waals surface area contributed by atoms with Crippen LogP contribution in [-0.4, -0.2) is 63.9 Å². The highest BCUT2D eigenvalue weighted by atomic mass is 19.4. The first-order valence-electron chi connectivity index (χ1n) is 11.3. The highest BCUT2D eigenvalue weighted by Crippen LogP contribution is 2.38. The Bertz CT molecular complexity index is 1560. The fourth-order valence-electron chi connectivity index (χ4n) is 4.27. The van der Waals surface area contributed by atoms with Crippen LogP contribution in [0.15, 0.2) is 30.5 Å². The number of aryl methyl sites for hydroxylation is 1. The maximum atomic E-state index is 15.4. The summed E-state index contributed by atoms with van der Waals surface area (Å²) in [6.45, 7) is 4.42. The van der Waals surface area contributed by atoms with Crippen molar-refractivity contribution in [3.8, 4) is 17.1 Å². The molecule has 13 heteroatoms. The molecule has 0 unspecified atom stereocenters. The highest BCUT2D eigenvalue weighted by Gasteiger charge is 2.42. The van der Waals surface area contributed by atoms with E-state index >= 15 is 4.39 Å². The fourth-order valence-corrected chi connectivity index (χ4v) is 4.27. The van der Waals surface area contributed by atoms with Crippen LogP contribution in [0, 0.1) is 5.82 Å². The van der Waals surface area contributed by atoms with Crippen molar-refractivity contribution in [1.29, 1.82) is 0 Å². The molecule has 2 aromatic heterocycles. The smallest absolute Gasteiger partial charge is 0.416 e. The van der Waals surface area contributed by atoms with Gasteiger partial charge in [0, 0.05) is 62.8 Å². The molecule has 5 rings (SSSR count). The molecule has 0 amide bonds. The number of alkyl halides is 3. The van der Waals surface area contributed by atoms with E-state index in [1.807, 2.05) is 6.07 Å². The van der Waals surface area contributed by atoms with Crippen LogP contribution in [0.1, 0.15) is 17.4 Å². The highest BCUT2D eigenvalue weighted by molar-refractivity contribution is 6.06. The lowest BCUT2D eigenvalue weighted by atomic mass is 10.1. The van der Waals surface area contributed by atoms with E-state index in [0.717, 1.165) is 31.9 Å². The number of ether oxygens (including phenoxy) is 1. The Kier molecular flexibility index (Phi) is 6.02. The average Bonchev–Trinajstić information content (AvgIpc) is 3.25. The van der Waals surface area contributed by atoms with Gasteiger partial charge in [0.15, 0.2) is 23.2 Å². The number of hydrogen-bond donors (Lipinski definition) is 1. The molecular weight excluding hydrogens is 496 g/mol. The summed E-state index contributed by atoms with van der Waals surface area (Å²) >= 11 is 0. The third-order valence-corrected chi connectivity index (χ3v) is 5.97. The minimum absolute atomic E-state index is 0.00299. The van der Waals surface area contributed by atoms with E-state index in [2.05, 4.69) is 30.0 Å². The number of halogens is 4. The van der Waals surface area contributed by atoms with Crippen LogP contribution < -0.4 is 15.0 Å². The second kappa shape index (κ2) is 9.07. The van der Waals surface area contributed by atoms with Gasteiger partial charge in [0.25, 0.3) is 0 Å². The molecule has 192 valence electrons. The number of piperazine rings is 1. The van der Waals surface area contributed by atoms with E-state index in [9.17, 15) is 22.8 Å². The standard InChI is InChI=1S/C24H20F4N6O3/c1-12(35)19-15-10-14(34-7-5-29-6-8-34)3-4-17(15)30-22(31-19)16-9-13-11-33(2)32-20(13)18(25)21(16)37-23(36)24(26,27)28/h3-4,9-11,29H,5-8H2,1-2H3. The molecule has 37 heavy (non-hydrogen) atoms. The van der Waals surface area contributed by atoms with Crippen LogP contribution in [0.2, 0.25) is 0 Å². The molecule has 0 bridgehead atoms. The van der Waals surface area contributed by atoms with E-state index < -0.39 is 29.5 Å². The van der Waals surface area contributed by atoms with Crippen molar-refractivity contribution in [2.75, 3.05) is 31.1 Å². The van der Waals surface area contributed by atoms with Gasteiger partial charge in [-0.2, -0.15) is 18.3 Å². The second-order valence-electron chi connectivity index (χ2n) is 8.59. The summed E-state index contributed by atoms with van der Waals surface area (Å²) < 4.78 is 60.0. The van der Waals surface area contributed by atoms with E-state index in [1.54, 1.807) is 12.1 Å². The van der Waals surface area contributed by atoms with Gasteiger partial charge in [-0.3, -0.25) is 9.48 Å². The summed E-state index contributed by atoms with van der Waals surface area (Å²) in [4.78, 5) is 35.0. The maximum Gasteiger partial charge on any atom is 0.491 e. The number of hydrogen-bond acceptors (Lipinski definition) is 8. The molecule has 0 spiro atoms. The van der Waals surface area contributed by atoms with Crippen molar-refractivity contribution in [2.24, 2.45) is 7.05 Å². The number of aromatic nitrogens is 4. The number of nitrogens with one attached hydrogen (secondary N) is 1. The number of carbonyl (C=O) groups excluding carboxylic acids is 2. The van der Waals surface area contributed by atoms with E-state index in [-0.39, 0.29) is 28.0 Å².